The number of ether oxygens (including phenoxy) is 1. The highest BCUT2D eigenvalue weighted by Crippen LogP contribution is 2.15. The average molecular weight is 189 g/mol. The van der Waals surface area contributed by atoms with Crippen molar-refractivity contribution in [2.24, 2.45) is 0 Å². The molecule has 1 aliphatic heterocycles. The number of hydrogen-bond donors (Lipinski definition) is 2. The van der Waals surface area contributed by atoms with Gasteiger partial charge in [-0.25, -0.2) is 4.98 Å². The van der Waals surface area contributed by atoms with Gasteiger partial charge in [-0.3, -0.25) is 0 Å². The van der Waals surface area contributed by atoms with Crippen LogP contribution in [0, 0.1) is 0 Å². The summed E-state index contributed by atoms with van der Waals surface area (Å²) < 4.78 is 5.27. The number of nitrogens with zero attached hydrogens (tertiary/aromatic N) is 1. The average Bonchev–Trinajstić information content (AvgIpc) is 2.08. The fourth-order valence-corrected chi connectivity index (χ4v) is 1.30. The maximum atomic E-state index is 5.67. The molecule has 1 aromatic rings. The molecule has 14 heavy (non-hydrogen) atoms. The minimum Gasteiger partial charge on any atom is -0.382 e. The zero-order chi connectivity index (χ0) is 9.97. The predicted octanol–water partition coefficient (Wildman–Crippen LogP) is -0.342. The van der Waals surface area contributed by atoms with Gasteiger partial charge in [0.25, 0.3) is 0 Å². The van der Waals surface area contributed by atoms with Gasteiger partial charge in [-0.2, -0.15) is 0 Å². The van der Waals surface area contributed by atoms with Gasteiger partial charge in [-0.05, 0) is 12.5 Å². The highest BCUT2D eigenvalue weighted by molar-refractivity contribution is 6.32. The molecule has 2 rings (SSSR count). The Balaban J connectivity index is 1.96. The summed E-state index contributed by atoms with van der Waals surface area (Å²) in [5, 5.41) is 3.16. The Hall–Kier alpha value is -1.23. The molecule has 4 nitrogen and oxygen atoms in total. The zero-order valence-corrected chi connectivity index (χ0v) is 7.86. The molecule has 1 atom stereocenters. The lowest BCUT2D eigenvalue weighted by molar-refractivity contribution is -0.0410. The van der Waals surface area contributed by atoms with E-state index in [-0.39, 0.29) is 0 Å². The molecule has 3 N–H and O–H groups in total. The van der Waals surface area contributed by atoms with Crippen LogP contribution >= 0.6 is 0 Å². The van der Waals surface area contributed by atoms with Crippen molar-refractivity contribution in [3.63, 3.8) is 0 Å². The lowest BCUT2D eigenvalue weighted by Gasteiger charge is -2.27. The molecule has 1 saturated heterocycles. The number of hydrogen-bond acceptors (Lipinski definition) is 4. The van der Waals surface area contributed by atoms with Gasteiger partial charge in [0.15, 0.2) is 0 Å². The van der Waals surface area contributed by atoms with Crippen LogP contribution in [0.15, 0.2) is 12.3 Å². The molecule has 0 aromatic carbocycles. The van der Waals surface area contributed by atoms with E-state index >= 15 is 0 Å². The largest absolute Gasteiger partial charge is 0.382 e. The van der Waals surface area contributed by atoms with Crippen LogP contribution in [0.5, 0.6) is 0 Å². The van der Waals surface area contributed by atoms with Crippen LogP contribution in [0.25, 0.3) is 0 Å². The van der Waals surface area contributed by atoms with Gasteiger partial charge in [0.2, 0.25) is 0 Å². The van der Waals surface area contributed by atoms with Gasteiger partial charge < -0.3 is 15.8 Å². The molecule has 5 heteroatoms. The molecule has 72 valence electrons. The van der Waals surface area contributed by atoms with Crippen LogP contribution in [0.3, 0.4) is 0 Å². The molecule has 0 amide bonds. The van der Waals surface area contributed by atoms with Crippen molar-refractivity contribution in [3.05, 3.63) is 12.3 Å². The first-order chi connectivity index (χ1) is 6.75. The highest BCUT2D eigenvalue weighted by atomic mass is 16.5. The van der Waals surface area contributed by atoms with E-state index in [4.69, 9.17) is 18.3 Å². The summed E-state index contributed by atoms with van der Waals surface area (Å²) in [4.78, 5) is 3.95. The Morgan fingerprint density at radius 1 is 1.71 bits per heavy atom. The van der Waals surface area contributed by atoms with Crippen molar-refractivity contribution in [2.45, 2.75) is 12.5 Å². The molecule has 2 heterocycles. The van der Waals surface area contributed by atoms with Gasteiger partial charge >= 0.3 is 0 Å². The molecule has 0 bridgehead atoms. The van der Waals surface area contributed by atoms with Crippen LogP contribution in [0.4, 0.5) is 11.5 Å². The second kappa shape index (κ2) is 3.88. The molecule has 1 unspecified atom stereocenters. The van der Waals surface area contributed by atoms with E-state index in [0.717, 1.165) is 25.3 Å². The summed E-state index contributed by atoms with van der Waals surface area (Å²) in [7, 11) is 5.59. The molecule has 1 aromatic heterocycles. The van der Waals surface area contributed by atoms with Crippen LogP contribution < -0.4 is 16.5 Å². The third-order valence-electron chi connectivity index (χ3n) is 2.25. The fourth-order valence-electron chi connectivity index (χ4n) is 1.30. The number of nitrogens with one attached hydrogen (secondary N) is 1. The maximum absolute atomic E-state index is 5.67. The topological polar surface area (TPSA) is 60.2 Å². The first kappa shape index (κ1) is 9.33. The minimum absolute atomic E-state index is 0.302. The Morgan fingerprint density at radius 2 is 2.50 bits per heavy atom. The SMILES string of the molecule is [B]c1cnc(N)c(NCC2CCO2)c1. The van der Waals surface area contributed by atoms with E-state index in [0.29, 0.717) is 17.4 Å². The molecule has 0 spiro atoms. The monoisotopic (exact) mass is 189 g/mol. The summed E-state index contributed by atoms with van der Waals surface area (Å²) in [6.45, 7) is 1.62. The summed E-state index contributed by atoms with van der Waals surface area (Å²) in [5.74, 6) is 0.471. The van der Waals surface area contributed by atoms with E-state index < -0.39 is 0 Å². The van der Waals surface area contributed by atoms with E-state index in [1.54, 1.807) is 12.3 Å². The second-order valence-electron chi connectivity index (χ2n) is 3.36. The van der Waals surface area contributed by atoms with Gasteiger partial charge in [0.1, 0.15) is 13.7 Å². The third-order valence-corrected chi connectivity index (χ3v) is 2.25. The quantitative estimate of drug-likeness (QED) is 0.638. The lowest BCUT2D eigenvalue weighted by Crippen LogP contribution is -2.33. The number of pyridine rings is 1. The van der Waals surface area contributed by atoms with Crippen molar-refractivity contribution in [1.82, 2.24) is 4.98 Å². The second-order valence-corrected chi connectivity index (χ2v) is 3.36. The summed E-state index contributed by atoms with van der Waals surface area (Å²) in [6, 6.07) is 1.78. The number of nitrogen functional groups attached to an aromatic ring is 1. The summed E-state index contributed by atoms with van der Waals surface area (Å²) in [6.07, 6.45) is 2.94. The molecule has 1 aliphatic rings. The first-order valence-corrected chi connectivity index (χ1v) is 4.62. The number of nitrogens with two attached hydrogens (primary N) is 1. The van der Waals surface area contributed by atoms with Gasteiger partial charge in [-0.15, -0.1) is 0 Å². The highest BCUT2D eigenvalue weighted by Gasteiger charge is 2.17. The van der Waals surface area contributed by atoms with Crippen LogP contribution in [-0.4, -0.2) is 32.1 Å². The van der Waals surface area contributed by atoms with Crippen molar-refractivity contribution in [2.75, 3.05) is 24.2 Å². The van der Waals surface area contributed by atoms with E-state index in [1.165, 1.54) is 0 Å². The van der Waals surface area contributed by atoms with Crippen LogP contribution in [-0.2, 0) is 4.74 Å². The smallest absolute Gasteiger partial charge is 0.146 e. The fraction of sp³-hybridized carbons (Fsp3) is 0.444. The first-order valence-electron chi connectivity index (χ1n) is 4.62. The molecule has 0 saturated carbocycles. The van der Waals surface area contributed by atoms with Crippen LogP contribution in [0.2, 0.25) is 0 Å². The van der Waals surface area contributed by atoms with E-state index in [9.17, 15) is 0 Å². The predicted molar refractivity (Wildman–Crippen MR) is 56.9 cm³/mol. The molecule has 0 aliphatic carbocycles. The normalized spacial score (nSPS) is 20.1. The van der Waals surface area contributed by atoms with Crippen molar-refractivity contribution in [1.29, 1.82) is 0 Å². The standard InChI is InChI=1S/C9H12BN3O/c10-6-3-8(9(11)13-4-6)12-5-7-1-2-14-7/h3-4,7,12H,1-2,5H2,(H2,11,13). The molecule has 2 radical (unpaired) electrons. The zero-order valence-electron chi connectivity index (χ0n) is 7.86. The Morgan fingerprint density at radius 3 is 3.14 bits per heavy atom. The summed E-state index contributed by atoms with van der Waals surface area (Å²) in [5.41, 5.74) is 7.05. The third kappa shape index (κ3) is 1.98. The van der Waals surface area contributed by atoms with Crippen molar-refractivity contribution in [3.8, 4) is 0 Å². The van der Waals surface area contributed by atoms with Gasteiger partial charge in [-0.1, -0.05) is 5.46 Å². The lowest BCUT2D eigenvalue weighted by atomic mass is 9.98. The Labute approximate surface area is 84.3 Å². The number of aromatic nitrogens is 1. The number of rotatable bonds is 3. The molecular weight excluding hydrogens is 177 g/mol. The molecular formula is C9H12BN3O. The maximum Gasteiger partial charge on any atom is 0.146 e. The van der Waals surface area contributed by atoms with Crippen LogP contribution in [0.1, 0.15) is 6.42 Å². The van der Waals surface area contributed by atoms with Gasteiger partial charge in [0.05, 0.1) is 11.8 Å². The van der Waals surface area contributed by atoms with Gasteiger partial charge in [0, 0.05) is 19.3 Å². The Kier molecular flexibility index (Phi) is 2.59. The van der Waals surface area contributed by atoms with E-state index in [1.807, 2.05) is 0 Å². The molecule has 1 fully saturated rings. The minimum atomic E-state index is 0.302. The van der Waals surface area contributed by atoms with Crippen molar-refractivity contribution < 1.29 is 4.74 Å². The Bertz CT molecular complexity index is 328. The van der Waals surface area contributed by atoms with E-state index in [2.05, 4.69) is 10.3 Å². The summed E-state index contributed by atoms with van der Waals surface area (Å²) >= 11 is 0. The van der Waals surface area contributed by atoms with Crippen molar-refractivity contribution >= 4 is 24.8 Å². The number of anilines is 2.